The minimum atomic E-state index is -0.111. The van der Waals surface area contributed by atoms with Gasteiger partial charge in [0.2, 0.25) is 0 Å². The Morgan fingerprint density at radius 2 is 2.22 bits per heavy atom. The number of esters is 1. The average molecular weight is 265 g/mol. The molecule has 1 N–H and O–H groups in total. The normalized spacial score (nSPS) is 19.4. The fourth-order valence-electron chi connectivity index (χ4n) is 1.91. The summed E-state index contributed by atoms with van der Waals surface area (Å²) in [6.07, 6.45) is 1.84. The number of rotatable bonds is 5. The summed E-state index contributed by atoms with van der Waals surface area (Å²) >= 11 is 1.80. The van der Waals surface area contributed by atoms with Crippen LogP contribution in [0.3, 0.4) is 0 Å². The molecule has 4 heteroatoms. The third-order valence-corrected chi connectivity index (χ3v) is 3.96. The molecule has 98 valence electrons. The van der Waals surface area contributed by atoms with Gasteiger partial charge in [-0.3, -0.25) is 4.79 Å². The van der Waals surface area contributed by atoms with Crippen LogP contribution in [0, 0.1) is 0 Å². The van der Waals surface area contributed by atoms with Gasteiger partial charge in [-0.15, -0.1) is 0 Å². The van der Waals surface area contributed by atoms with Crippen molar-refractivity contribution in [2.24, 2.45) is 0 Å². The number of hydrogen-bond acceptors (Lipinski definition) is 4. The van der Waals surface area contributed by atoms with Crippen LogP contribution in [0.5, 0.6) is 0 Å². The van der Waals surface area contributed by atoms with Gasteiger partial charge in [0, 0.05) is 18.1 Å². The number of thioether (sulfide) groups is 1. The molecule has 1 fully saturated rings. The van der Waals surface area contributed by atoms with Gasteiger partial charge in [0.25, 0.3) is 0 Å². The summed E-state index contributed by atoms with van der Waals surface area (Å²) in [5, 5.41) is 3.18. The Morgan fingerprint density at radius 3 is 2.94 bits per heavy atom. The zero-order valence-corrected chi connectivity index (χ0v) is 11.2. The number of carbonyl (C=O) groups excluding carboxylic acids is 1. The van der Waals surface area contributed by atoms with Crippen LogP contribution in [0.1, 0.15) is 12.0 Å². The summed E-state index contributed by atoms with van der Waals surface area (Å²) in [5.41, 5.74) is 1.29. The third-order valence-electron chi connectivity index (χ3n) is 2.90. The van der Waals surface area contributed by atoms with Gasteiger partial charge in [0.1, 0.15) is 6.04 Å². The fourth-order valence-corrected chi connectivity index (χ4v) is 2.83. The molecule has 18 heavy (non-hydrogen) atoms. The van der Waals surface area contributed by atoms with Gasteiger partial charge >= 0.3 is 5.97 Å². The number of benzene rings is 1. The Hall–Kier alpha value is -1.00. The van der Waals surface area contributed by atoms with Gasteiger partial charge in [-0.1, -0.05) is 30.3 Å². The van der Waals surface area contributed by atoms with Crippen LogP contribution in [0.25, 0.3) is 0 Å². The van der Waals surface area contributed by atoms with E-state index in [1.54, 1.807) is 11.8 Å². The monoisotopic (exact) mass is 265 g/mol. The van der Waals surface area contributed by atoms with Crippen LogP contribution in [0.2, 0.25) is 0 Å². The Morgan fingerprint density at radius 1 is 1.39 bits per heavy atom. The number of nitrogens with one attached hydrogen (secondary N) is 1. The first-order valence-electron chi connectivity index (χ1n) is 6.38. The Labute approximate surface area is 112 Å². The zero-order chi connectivity index (χ0) is 12.6. The second-order valence-electron chi connectivity index (χ2n) is 4.34. The molecule has 0 radical (unpaired) electrons. The minimum Gasteiger partial charge on any atom is -0.464 e. The van der Waals surface area contributed by atoms with E-state index in [-0.39, 0.29) is 12.0 Å². The van der Waals surface area contributed by atoms with E-state index < -0.39 is 0 Å². The molecule has 2 rings (SSSR count). The van der Waals surface area contributed by atoms with Crippen LogP contribution in [-0.4, -0.2) is 36.7 Å². The highest BCUT2D eigenvalue weighted by atomic mass is 32.2. The van der Waals surface area contributed by atoms with Gasteiger partial charge in [0.15, 0.2) is 0 Å². The second kappa shape index (κ2) is 7.44. The standard InChI is InChI=1S/C14H19NO2S/c16-14(13-11-18-10-8-15-13)17-9-4-7-12-5-2-1-3-6-12/h1-3,5-6,13,15H,4,7-11H2. The first-order chi connectivity index (χ1) is 8.86. The maximum atomic E-state index is 11.7. The highest BCUT2D eigenvalue weighted by Gasteiger charge is 2.21. The van der Waals surface area contributed by atoms with E-state index in [1.165, 1.54) is 5.56 Å². The van der Waals surface area contributed by atoms with Crippen molar-refractivity contribution in [3.63, 3.8) is 0 Å². The lowest BCUT2D eigenvalue weighted by Crippen LogP contribution is -2.44. The molecule has 1 aliphatic heterocycles. The molecule has 1 saturated heterocycles. The molecule has 0 aliphatic carbocycles. The lowest BCUT2D eigenvalue weighted by atomic mass is 10.1. The smallest absolute Gasteiger partial charge is 0.323 e. The Kier molecular flexibility index (Phi) is 5.55. The van der Waals surface area contributed by atoms with Crippen LogP contribution in [-0.2, 0) is 16.0 Å². The number of ether oxygens (including phenoxy) is 1. The summed E-state index contributed by atoms with van der Waals surface area (Å²) in [6.45, 7) is 1.41. The van der Waals surface area contributed by atoms with Crippen LogP contribution in [0.15, 0.2) is 30.3 Å². The Bertz CT molecular complexity index is 363. The maximum absolute atomic E-state index is 11.7. The van der Waals surface area contributed by atoms with E-state index in [4.69, 9.17) is 4.74 Å². The van der Waals surface area contributed by atoms with Crippen molar-refractivity contribution in [3.8, 4) is 0 Å². The fraction of sp³-hybridized carbons (Fsp3) is 0.500. The average Bonchev–Trinajstić information content (AvgIpc) is 2.45. The molecule has 1 aromatic rings. The molecular weight excluding hydrogens is 246 g/mol. The molecule has 1 aliphatic rings. The summed E-state index contributed by atoms with van der Waals surface area (Å²) in [5.74, 6) is 1.81. The minimum absolute atomic E-state index is 0.102. The van der Waals surface area contributed by atoms with E-state index >= 15 is 0 Å². The zero-order valence-electron chi connectivity index (χ0n) is 10.4. The van der Waals surface area contributed by atoms with E-state index in [0.29, 0.717) is 6.61 Å². The quantitative estimate of drug-likeness (QED) is 0.651. The van der Waals surface area contributed by atoms with Crippen LogP contribution >= 0.6 is 11.8 Å². The van der Waals surface area contributed by atoms with E-state index in [2.05, 4.69) is 17.4 Å². The number of hydrogen-bond donors (Lipinski definition) is 1. The largest absolute Gasteiger partial charge is 0.464 e. The van der Waals surface area contributed by atoms with Crippen LogP contribution in [0.4, 0.5) is 0 Å². The van der Waals surface area contributed by atoms with Crippen molar-refractivity contribution in [3.05, 3.63) is 35.9 Å². The Balaban J connectivity index is 1.61. The number of carbonyl (C=O) groups is 1. The van der Waals surface area contributed by atoms with Crippen molar-refractivity contribution >= 4 is 17.7 Å². The summed E-state index contributed by atoms with van der Waals surface area (Å²) in [6, 6.07) is 10.2. The first kappa shape index (κ1) is 13.4. The van der Waals surface area contributed by atoms with Gasteiger partial charge in [-0.2, -0.15) is 11.8 Å². The summed E-state index contributed by atoms with van der Waals surface area (Å²) in [4.78, 5) is 11.7. The second-order valence-corrected chi connectivity index (χ2v) is 5.49. The van der Waals surface area contributed by atoms with Crippen molar-refractivity contribution in [2.75, 3.05) is 24.7 Å². The van der Waals surface area contributed by atoms with Gasteiger partial charge in [0.05, 0.1) is 6.61 Å². The molecule has 0 aromatic heterocycles. The van der Waals surface area contributed by atoms with E-state index in [1.807, 2.05) is 18.2 Å². The molecule has 1 unspecified atom stereocenters. The van der Waals surface area contributed by atoms with Crippen LogP contribution < -0.4 is 5.32 Å². The SMILES string of the molecule is O=C(OCCCc1ccccc1)C1CSCCN1. The molecule has 0 bridgehead atoms. The lowest BCUT2D eigenvalue weighted by Gasteiger charge is -2.21. The summed E-state index contributed by atoms with van der Waals surface area (Å²) in [7, 11) is 0. The lowest BCUT2D eigenvalue weighted by molar-refractivity contribution is -0.145. The number of aryl methyl sites for hydroxylation is 1. The topological polar surface area (TPSA) is 38.3 Å². The van der Waals surface area contributed by atoms with E-state index in [0.717, 1.165) is 30.9 Å². The highest BCUT2D eigenvalue weighted by Crippen LogP contribution is 2.09. The maximum Gasteiger partial charge on any atom is 0.323 e. The predicted molar refractivity (Wildman–Crippen MR) is 74.8 cm³/mol. The summed E-state index contributed by atoms with van der Waals surface area (Å²) < 4.78 is 5.29. The van der Waals surface area contributed by atoms with Gasteiger partial charge in [-0.25, -0.2) is 0 Å². The van der Waals surface area contributed by atoms with Gasteiger partial charge in [-0.05, 0) is 18.4 Å². The van der Waals surface area contributed by atoms with E-state index in [9.17, 15) is 4.79 Å². The molecule has 1 aromatic carbocycles. The molecule has 0 spiro atoms. The molecule has 3 nitrogen and oxygen atoms in total. The van der Waals surface area contributed by atoms with Crippen molar-refractivity contribution in [1.82, 2.24) is 5.32 Å². The molecule has 1 heterocycles. The molecular formula is C14H19NO2S. The van der Waals surface area contributed by atoms with Gasteiger partial charge < -0.3 is 10.1 Å². The highest BCUT2D eigenvalue weighted by molar-refractivity contribution is 7.99. The first-order valence-corrected chi connectivity index (χ1v) is 7.53. The third kappa shape index (κ3) is 4.35. The molecule has 0 amide bonds. The van der Waals surface area contributed by atoms with Crippen molar-refractivity contribution in [1.29, 1.82) is 0 Å². The van der Waals surface area contributed by atoms with Crippen molar-refractivity contribution < 1.29 is 9.53 Å². The molecule has 1 atom stereocenters. The predicted octanol–water partition coefficient (Wildman–Crippen LogP) is 1.87. The molecule has 0 saturated carbocycles. The van der Waals surface area contributed by atoms with Crippen molar-refractivity contribution in [2.45, 2.75) is 18.9 Å².